The predicted molar refractivity (Wildman–Crippen MR) is 224 cm³/mol. The van der Waals surface area contributed by atoms with Crippen molar-refractivity contribution in [2.45, 2.75) is 18.4 Å². The molecule has 6 aromatic carbocycles. The van der Waals surface area contributed by atoms with Crippen molar-refractivity contribution < 1.29 is 4.42 Å². The van der Waals surface area contributed by atoms with Gasteiger partial charge in [0, 0.05) is 34.5 Å². The minimum Gasteiger partial charge on any atom is -0.434 e. The summed E-state index contributed by atoms with van der Waals surface area (Å²) in [7, 11) is 0. The number of guanidine groups is 1. The maximum atomic E-state index is 9.61. The molecule has 11 rings (SSSR count). The molecule has 0 amide bonds. The summed E-state index contributed by atoms with van der Waals surface area (Å²) in [5, 5.41) is 10.8. The molecule has 2 unspecified atom stereocenters. The second-order valence-corrected chi connectivity index (χ2v) is 14.2. The zero-order valence-corrected chi connectivity index (χ0v) is 30.1. The van der Waals surface area contributed by atoms with Gasteiger partial charge in [0.25, 0.3) is 0 Å². The normalized spacial score (nSPS) is 17.1. The van der Waals surface area contributed by atoms with Crippen LogP contribution in [-0.2, 0) is 0 Å². The van der Waals surface area contributed by atoms with Crippen LogP contribution in [0.3, 0.4) is 0 Å². The molecular formula is C49H32N6O. The molecule has 0 radical (unpaired) electrons. The van der Waals surface area contributed by atoms with E-state index in [4.69, 9.17) is 19.4 Å². The summed E-state index contributed by atoms with van der Waals surface area (Å²) in [4.78, 5) is 18.2. The largest absolute Gasteiger partial charge is 0.434 e. The Morgan fingerprint density at radius 1 is 0.696 bits per heavy atom. The Bertz CT molecular complexity index is 3030. The number of aromatic nitrogens is 2. The van der Waals surface area contributed by atoms with Crippen molar-refractivity contribution in [1.29, 1.82) is 5.26 Å². The van der Waals surface area contributed by atoms with Gasteiger partial charge in [0.05, 0.1) is 46.0 Å². The van der Waals surface area contributed by atoms with Crippen LogP contribution in [0.25, 0.3) is 50.9 Å². The number of hydrogen-bond donors (Lipinski definition) is 0. The lowest BCUT2D eigenvalue weighted by Gasteiger charge is -2.32. The number of para-hydroxylation sites is 3. The Labute approximate surface area is 323 Å². The number of nitriles is 1. The molecule has 3 aliphatic rings. The summed E-state index contributed by atoms with van der Waals surface area (Å²) < 4.78 is 9.04. The highest BCUT2D eigenvalue weighted by Gasteiger charge is 2.46. The number of rotatable bonds is 4. The summed E-state index contributed by atoms with van der Waals surface area (Å²) in [5.41, 5.74) is 13.2. The summed E-state index contributed by atoms with van der Waals surface area (Å²) >= 11 is 0. The smallest absolute Gasteiger partial charge is 0.231 e. The molecule has 264 valence electrons. The molecule has 0 saturated carbocycles. The molecule has 1 aliphatic carbocycles. The van der Waals surface area contributed by atoms with Gasteiger partial charge in [-0.25, -0.2) is 15.0 Å². The molecule has 2 aliphatic heterocycles. The molecule has 0 N–H and O–H groups in total. The third kappa shape index (κ3) is 5.00. The van der Waals surface area contributed by atoms with E-state index in [1.807, 2.05) is 42.5 Å². The lowest BCUT2D eigenvalue weighted by molar-refractivity contribution is 0.612. The highest BCUT2D eigenvalue weighted by molar-refractivity contribution is 6.15. The van der Waals surface area contributed by atoms with Crippen LogP contribution in [0.5, 0.6) is 0 Å². The molecule has 0 saturated heterocycles. The van der Waals surface area contributed by atoms with Crippen molar-refractivity contribution in [3.05, 3.63) is 197 Å². The Morgan fingerprint density at radius 2 is 1.43 bits per heavy atom. The van der Waals surface area contributed by atoms with Gasteiger partial charge in [0.1, 0.15) is 5.52 Å². The summed E-state index contributed by atoms with van der Waals surface area (Å²) in [6.07, 6.45) is 7.48. The minimum absolute atomic E-state index is 0.0189. The van der Waals surface area contributed by atoms with Crippen molar-refractivity contribution in [3.8, 4) is 23.2 Å². The maximum Gasteiger partial charge on any atom is 0.231 e. The maximum absolute atomic E-state index is 9.61. The van der Waals surface area contributed by atoms with Crippen molar-refractivity contribution in [3.63, 3.8) is 0 Å². The average molecular weight is 721 g/mol. The molecule has 56 heavy (non-hydrogen) atoms. The SMILES string of the molecule is N#Cc1cccc(-c2nc3cccc(-n4c5c(c6ccccc64)C=CC4c6ccccc6N(C6=NC(c7ccccc7)=CCC(c7ccccc7)=N6)C54)c3o2)c1. The van der Waals surface area contributed by atoms with Gasteiger partial charge >= 0.3 is 0 Å². The molecule has 2 atom stereocenters. The van der Waals surface area contributed by atoms with Crippen LogP contribution in [0.2, 0.25) is 0 Å². The van der Waals surface area contributed by atoms with Crippen molar-refractivity contribution in [2.75, 3.05) is 4.90 Å². The van der Waals surface area contributed by atoms with Gasteiger partial charge in [-0.05, 0) is 59.2 Å². The zero-order chi connectivity index (χ0) is 37.2. The second kappa shape index (κ2) is 12.8. The van der Waals surface area contributed by atoms with Gasteiger partial charge in [-0.1, -0.05) is 127 Å². The third-order valence-corrected chi connectivity index (χ3v) is 11.1. The molecule has 2 aromatic heterocycles. The predicted octanol–water partition coefficient (Wildman–Crippen LogP) is 11.3. The summed E-state index contributed by atoms with van der Waals surface area (Å²) in [6, 6.07) is 53.6. The number of anilines is 1. The number of nitrogens with zero attached hydrogens (tertiary/aromatic N) is 6. The monoisotopic (exact) mass is 720 g/mol. The number of aliphatic imine (C=N–C) groups is 2. The number of oxazole rings is 1. The molecule has 4 heterocycles. The fourth-order valence-electron chi connectivity index (χ4n) is 8.62. The number of fused-ring (bicyclic) bond motifs is 8. The van der Waals surface area contributed by atoms with Gasteiger partial charge in [-0.3, -0.25) is 0 Å². The number of benzene rings is 6. The van der Waals surface area contributed by atoms with Crippen LogP contribution >= 0.6 is 0 Å². The average Bonchev–Trinajstić information content (AvgIpc) is 3.90. The first-order chi connectivity index (χ1) is 27.7. The molecule has 0 spiro atoms. The highest BCUT2D eigenvalue weighted by Crippen LogP contribution is 2.55. The number of hydrogen-bond acceptors (Lipinski definition) is 6. The van der Waals surface area contributed by atoms with E-state index in [2.05, 4.69) is 137 Å². The first kappa shape index (κ1) is 31.9. The van der Waals surface area contributed by atoms with Crippen LogP contribution in [0.1, 0.15) is 51.9 Å². The van der Waals surface area contributed by atoms with E-state index in [0.29, 0.717) is 29.4 Å². The van der Waals surface area contributed by atoms with Crippen LogP contribution in [-0.4, -0.2) is 21.2 Å². The molecule has 7 heteroatoms. The van der Waals surface area contributed by atoms with Gasteiger partial charge < -0.3 is 13.9 Å². The first-order valence-electron chi connectivity index (χ1n) is 18.8. The minimum atomic E-state index is -0.195. The second-order valence-electron chi connectivity index (χ2n) is 14.2. The first-order valence-corrected chi connectivity index (χ1v) is 18.8. The third-order valence-electron chi connectivity index (χ3n) is 11.1. The van der Waals surface area contributed by atoms with E-state index in [1.165, 1.54) is 5.56 Å². The van der Waals surface area contributed by atoms with Gasteiger partial charge in [-0.2, -0.15) is 5.26 Å². The van der Waals surface area contributed by atoms with Gasteiger partial charge in [-0.15, -0.1) is 0 Å². The van der Waals surface area contributed by atoms with E-state index < -0.39 is 0 Å². The van der Waals surface area contributed by atoms with E-state index in [-0.39, 0.29) is 12.0 Å². The van der Waals surface area contributed by atoms with Gasteiger partial charge in [0.15, 0.2) is 5.58 Å². The van der Waals surface area contributed by atoms with Crippen LogP contribution in [0, 0.1) is 11.3 Å². The molecule has 0 bridgehead atoms. The Kier molecular flexibility index (Phi) is 7.29. The highest BCUT2D eigenvalue weighted by atomic mass is 16.3. The topological polar surface area (TPSA) is 82.7 Å². The van der Waals surface area contributed by atoms with Crippen molar-refractivity contribution in [1.82, 2.24) is 9.55 Å². The van der Waals surface area contributed by atoms with Gasteiger partial charge in [0.2, 0.25) is 11.9 Å². The van der Waals surface area contributed by atoms with E-state index in [9.17, 15) is 5.26 Å². The summed E-state index contributed by atoms with van der Waals surface area (Å²) in [5.74, 6) is 1.14. The van der Waals surface area contributed by atoms with Crippen molar-refractivity contribution in [2.24, 2.45) is 9.98 Å². The summed E-state index contributed by atoms with van der Waals surface area (Å²) in [6.45, 7) is 0. The Morgan fingerprint density at radius 3 is 2.29 bits per heavy atom. The Balaban J connectivity index is 1.16. The Hall–Kier alpha value is -7.56. The fourth-order valence-corrected chi connectivity index (χ4v) is 8.62. The molecule has 0 fully saturated rings. The van der Waals surface area contributed by atoms with Crippen LogP contribution in [0.4, 0.5) is 5.69 Å². The van der Waals surface area contributed by atoms with Crippen LogP contribution < -0.4 is 4.90 Å². The fraction of sp³-hybridized carbons (Fsp3) is 0.0612. The quantitative estimate of drug-likeness (QED) is 0.181. The van der Waals surface area contributed by atoms with Crippen molar-refractivity contribution >= 4 is 51.1 Å². The lowest BCUT2D eigenvalue weighted by Crippen LogP contribution is -2.35. The van der Waals surface area contributed by atoms with E-state index in [1.54, 1.807) is 6.07 Å². The van der Waals surface area contributed by atoms with E-state index >= 15 is 0 Å². The number of allylic oxidation sites excluding steroid dienone is 1. The molecule has 7 nitrogen and oxygen atoms in total. The molecular weight excluding hydrogens is 689 g/mol. The van der Waals surface area contributed by atoms with Crippen LogP contribution in [0.15, 0.2) is 178 Å². The molecule has 8 aromatic rings. The zero-order valence-electron chi connectivity index (χ0n) is 30.1. The standard InChI is InChI=1S/C49H32N6O/c50-30-31-13-11-18-34(29-31)48-51-41-21-12-24-44(47(41)56-48)54-42-22-9-7-19-35(42)37-25-26-38-36-20-8-10-23-43(36)55(46(38)45(37)54)49-52-39(32-14-3-1-4-15-32)27-28-40(53-49)33-16-5-2-6-17-33/h1-27,29,38,46H,28H2. The van der Waals surface area contributed by atoms with E-state index in [0.717, 1.165) is 67.2 Å². The lowest BCUT2D eigenvalue weighted by atomic mass is 9.86.